The maximum atomic E-state index is 6.07. The Kier molecular flexibility index (Phi) is 5.67. The van der Waals surface area contributed by atoms with E-state index in [1.807, 2.05) is 13.1 Å². The van der Waals surface area contributed by atoms with Gasteiger partial charge in [-0.15, -0.1) is 0 Å². The molecule has 0 aromatic heterocycles. The minimum Gasteiger partial charge on any atom is -0.489 e. The number of nitrogens with zero attached hydrogens (tertiary/aromatic N) is 1. The third-order valence-corrected chi connectivity index (χ3v) is 4.47. The molecule has 0 radical (unpaired) electrons. The molecule has 23 heavy (non-hydrogen) atoms. The molecule has 0 aliphatic carbocycles. The van der Waals surface area contributed by atoms with Crippen molar-refractivity contribution in [3.63, 3.8) is 0 Å². The van der Waals surface area contributed by atoms with Gasteiger partial charge in [-0.25, -0.2) is 0 Å². The first-order chi connectivity index (χ1) is 11.3. The molecular formula is C20H26N2O. The standard InChI is InChI=1S/C20H26N2O/c1-21-13-18-11-12-22(14-18)15-19-9-5-6-10-20(19)23-16-17-7-3-2-4-8-17/h2-10,18,21H,11-16H2,1H3. The monoisotopic (exact) mass is 310 g/mol. The topological polar surface area (TPSA) is 24.5 Å². The first-order valence-electron chi connectivity index (χ1n) is 8.46. The highest BCUT2D eigenvalue weighted by Gasteiger charge is 2.22. The van der Waals surface area contributed by atoms with E-state index in [0.717, 1.165) is 24.8 Å². The molecule has 3 nitrogen and oxygen atoms in total. The maximum Gasteiger partial charge on any atom is 0.124 e. The third-order valence-electron chi connectivity index (χ3n) is 4.47. The third kappa shape index (κ3) is 4.57. The number of likely N-dealkylation sites (tertiary alicyclic amines) is 1. The summed E-state index contributed by atoms with van der Waals surface area (Å²) in [7, 11) is 2.04. The largest absolute Gasteiger partial charge is 0.489 e. The van der Waals surface area contributed by atoms with Crippen LogP contribution in [0.1, 0.15) is 17.5 Å². The summed E-state index contributed by atoms with van der Waals surface area (Å²) in [5.74, 6) is 1.78. The lowest BCUT2D eigenvalue weighted by atomic mass is 10.1. The van der Waals surface area contributed by atoms with Crippen LogP contribution in [0.4, 0.5) is 0 Å². The Balaban J connectivity index is 1.60. The Bertz CT molecular complexity index is 600. The van der Waals surface area contributed by atoms with E-state index in [2.05, 4.69) is 58.7 Å². The molecule has 122 valence electrons. The van der Waals surface area contributed by atoms with Gasteiger partial charge in [0, 0.05) is 18.7 Å². The van der Waals surface area contributed by atoms with E-state index in [1.165, 1.54) is 30.6 Å². The number of rotatable bonds is 7. The van der Waals surface area contributed by atoms with Crippen LogP contribution in [0.3, 0.4) is 0 Å². The lowest BCUT2D eigenvalue weighted by Gasteiger charge is -2.18. The number of ether oxygens (including phenoxy) is 1. The van der Waals surface area contributed by atoms with E-state index >= 15 is 0 Å². The van der Waals surface area contributed by atoms with Crippen molar-refractivity contribution in [3.8, 4) is 5.75 Å². The van der Waals surface area contributed by atoms with Crippen LogP contribution < -0.4 is 10.1 Å². The van der Waals surface area contributed by atoms with E-state index in [-0.39, 0.29) is 0 Å². The molecule has 3 heteroatoms. The lowest BCUT2D eigenvalue weighted by Crippen LogP contribution is -2.24. The van der Waals surface area contributed by atoms with Gasteiger partial charge in [-0.1, -0.05) is 48.5 Å². The van der Waals surface area contributed by atoms with E-state index < -0.39 is 0 Å². The molecule has 1 N–H and O–H groups in total. The first kappa shape index (κ1) is 16.0. The summed E-state index contributed by atoms with van der Waals surface area (Å²) < 4.78 is 6.07. The van der Waals surface area contributed by atoms with Crippen LogP contribution in [-0.4, -0.2) is 31.6 Å². The predicted octanol–water partition coefficient (Wildman–Crippen LogP) is 3.31. The quantitative estimate of drug-likeness (QED) is 0.849. The van der Waals surface area contributed by atoms with Gasteiger partial charge in [0.25, 0.3) is 0 Å². The normalized spacial score (nSPS) is 18.2. The summed E-state index contributed by atoms with van der Waals surface area (Å²) in [5.41, 5.74) is 2.49. The van der Waals surface area contributed by atoms with Gasteiger partial charge in [0.1, 0.15) is 12.4 Å². The summed E-state index contributed by atoms with van der Waals surface area (Å²) in [4.78, 5) is 2.53. The molecule has 1 aliphatic heterocycles. The molecule has 2 aromatic rings. The first-order valence-corrected chi connectivity index (χ1v) is 8.46. The van der Waals surface area contributed by atoms with Crippen LogP contribution in [-0.2, 0) is 13.2 Å². The number of nitrogens with one attached hydrogen (secondary N) is 1. The second-order valence-corrected chi connectivity index (χ2v) is 6.33. The van der Waals surface area contributed by atoms with Crippen molar-refractivity contribution in [2.24, 2.45) is 5.92 Å². The molecule has 1 saturated heterocycles. The van der Waals surface area contributed by atoms with Gasteiger partial charge in [0.2, 0.25) is 0 Å². The molecule has 1 aliphatic rings. The summed E-state index contributed by atoms with van der Waals surface area (Å²) in [6, 6.07) is 18.8. The van der Waals surface area contributed by atoms with Crippen molar-refractivity contribution in [3.05, 3.63) is 65.7 Å². The molecule has 0 amide bonds. The van der Waals surface area contributed by atoms with Crippen LogP contribution in [0.2, 0.25) is 0 Å². The molecule has 1 unspecified atom stereocenters. The van der Waals surface area contributed by atoms with Crippen molar-refractivity contribution in [1.82, 2.24) is 10.2 Å². The summed E-state index contributed by atoms with van der Waals surface area (Å²) >= 11 is 0. The van der Waals surface area contributed by atoms with Crippen molar-refractivity contribution in [2.45, 2.75) is 19.6 Å². The fourth-order valence-corrected chi connectivity index (χ4v) is 3.26. The van der Waals surface area contributed by atoms with Gasteiger partial charge in [0.15, 0.2) is 0 Å². The molecule has 1 fully saturated rings. The zero-order valence-electron chi connectivity index (χ0n) is 13.9. The van der Waals surface area contributed by atoms with E-state index in [0.29, 0.717) is 6.61 Å². The number of para-hydroxylation sites is 1. The van der Waals surface area contributed by atoms with Gasteiger partial charge >= 0.3 is 0 Å². The molecule has 0 saturated carbocycles. The summed E-state index contributed by atoms with van der Waals surface area (Å²) in [6.07, 6.45) is 1.29. The van der Waals surface area contributed by atoms with Crippen LogP contribution >= 0.6 is 0 Å². The smallest absolute Gasteiger partial charge is 0.124 e. The minimum absolute atomic E-state index is 0.625. The number of hydrogen-bond donors (Lipinski definition) is 1. The van der Waals surface area contributed by atoms with Crippen LogP contribution in [0, 0.1) is 5.92 Å². The predicted molar refractivity (Wildman–Crippen MR) is 94.5 cm³/mol. The Morgan fingerprint density at radius 2 is 1.87 bits per heavy atom. The van der Waals surface area contributed by atoms with Crippen molar-refractivity contribution in [2.75, 3.05) is 26.7 Å². The molecule has 3 rings (SSSR count). The Morgan fingerprint density at radius 3 is 2.70 bits per heavy atom. The lowest BCUT2D eigenvalue weighted by molar-refractivity contribution is 0.281. The highest BCUT2D eigenvalue weighted by atomic mass is 16.5. The SMILES string of the molecule is CNCC1CCN(Cc2ccccc2OCc2ccccc2)C1. The molecule has 1 atom stereocenters. The number of hydrogen-bond acceptors (Lipinski definition) is 3. The van der Waals surface area contributed by atoms with Gasteiger partial charge in [-0.05, 0) is 44.1 Å². The minimum atomic E-state index is 0.625. The summed E-state index contributed by atoms with van der Waals surface area (Å²) in [5, 5.41) is 3.29. The van der Waals surface area contributed by atoms with E-state index in [9.17, 15) is 0 Å². The molecule has 1 heterocycles. The van der Waals surface area contributed by atoms with Crippen LogP contribution in [0.15, 0.2) is 54.6 Å². The zero-order chi connectivity index (χ0) is 15.9. The van der Waals surface area contributed by atoms with Crippen molar-refractivity contribution < 1.29 is 4.74 Å². The Hall–Kier alpha value is -1.84. The van der Waals surface area contributed by atoms with Crippen molar-refractivity contribution >= 4 is 0 Å². The maximum absolute atomic E-state index is 6.07. The van der Waals surface area contributed by atoms with E-state index in [1.54, 1.807) is 0 Å². The van der Waals surface area contributed by atoms with Gasteiger partial charge < -0.3 is 10.1 Å². The van der Waals surface area contributed by atoms with Gasteiger partial charge in [-0.3, -0.25) is 4.90 Å². The zero-order valence-corrected chi connectivity index (χ0v) is 13.9. The highest BCUT2D eigenvalue weighted by Crippen LogP contribution is 2.24. The fourth-order valence-electron chi connectivity index (χ4n) is 3.26. The molecular weight excluding hydrogens is 284 g/mol. The van der Waals surface area contributed by atoms with Gasteiger partial charge in [0.05, 0.1) is 0 Å². The molecule has 0 bridgehead atoms. The van der Waals surface area contributed by atoms with E-state index in [4.69, 9.17) is 4.74 Å². The Morgan fingerprint density at radius 1 is 1.09 bits per heavy atom. The fraction of sp³-hybridized carbons (Fsp3) is 0.400. The molecule has 2 aromatic carbocycles. The molecule has 0 spiro atoms. The second-order valence-electron chi connectivity index (χ2n) is 6.33. The van der Waals surface area contributed by atoms with Crippen molar-refractivity contribution in [1.29, 1.82) is 0 Å². The summed E-state index contributed by atoms with van der Waals surface area (Å²) in [6.45, 7) is 5.07. The number of benzene rings is 2. The van der Waals surface area contributed by atoms with Crippen LogP contribution in [0.25, 0.3) is 0 Å². The average Bonchev–Trinajstić information content (AvgIpc) is 3.03. The Labute approximate surface area is 139 Å². The highest BCUT2D eigenvalue weighted by molar-refractivity contribution is 5.33. The second kappa shape index (κ2) is 8.14. The van der Waals surface area contributed by atoms with Crippen LogP contribution in [0.5, 0.6) is 5.75 Å². The average molecular weight is 310 g/mol. The van der Waals surface area contributed by atoms with Gasteiger partial charge in [-0.2, -0.15) is 0 Å².